The van der Waals surface area contributed by atoms with Gasteiger partial charge in [-0.1, -0.05) is 113 Å². The monoisotopic (exact) mass is 813 g/mol. The molecule has 0 unspecified atom stereocenters. The molecule has 61 heavy (non-hydrogen) atoms. The number of hydrogen-bond donors (Lipinski definition) is 0. The Balaban J connectivity index is 1.47. The first-order valence-electron chi connectivity index (χ1n) is 22.5. The molecule has 1 aromatic heterocycles. The van der Waals surface area contributed by atoms with Crippen molar-refractivity contribution in [2.75, 3.05) is 23.0 Å². The number of benzene rings is 5. The fraction of sp³-hybridized carbons (Fsp3) is 0.418. The molecule has 0 atom stereocenters. The van der Waals surface area contributed by atoms with Crippen LogP contribution in [0.15, 0.2) is 71.1 Å². The maximum absolute atomic E-state index is 7.35. The number of rotatable bonds is 2. The third kappa shape index (κ3) is 6.66. The van der Waals surface area contributed by atoms with Crippen LogP contribution in [-0.4, -0.2) is 19.9 Å². The average Bonchev–Trinajstić information content (AvgIpc) is 3.36. The molecule has 0 saturated heterocycles. The molecule has 0 spiro atoms. The summed E-state index contributed by atoms with van der Waals surface area (Å²) in [5.41, 5.74) is 21.3. The molecular weight excluding hydrogens is 747 g/mol. The first-order valence-corrected chi connectivity index (χ1v) is 22.5. The predicted octanol–water partition coefficient (Wildman–Crippen LogP) is 13.1. The summed E-state index contributed by atoms with van der Waals surface area (Å²) in [6.45, 7) is 38.0. The van der Waals surface area contributed by atoms with E-state index in [9.17, 15) is 0 Å². The van der Waals surface area contributed by atoms with Crippen LogP contribution in [0.4, 0.5) is 34.1 Å². The van der Waals surface area contributed by atoms with Crippen LogP contribution in [0, 0.1) is 27.7 Å². The molecule has 9 rings (SSSR count). The number of ether oxygens (including phenoxy) is 2. The minimum atomic E-state index is -0.205. The van der Waals surface area contributed by atoms with Crippen LogP contribution in [-0.2, 0) is 21.7 Å². The van der Waals surface area contributed by atoms with Crippen molar-refractivity contribution in [3.05, 3.63) is 111 Å². The van der Waals surface area contributed by atoms with Crippen molar-refractivity contribution in [1.29, 1.82) is 0 Å². The van der Waals surface area contributed by atoms with E-state index in [-0.39, 0.29) is 28.4 Å². The third-order valence-corrected chi connectivity index (χ3v) is 13.4. The van der Waals surface area contributed by atoms with Gasteiger partial charge in [-0.25, -0.2) is 0 Å². The summed E-state index contributed by atoms with van der Waals surface area (Å²) in [6.07, 6.45) is 0.837. The number of furan rings is 1. The molecule has 316 valence electrons. The van der Waals surface area contributed by atoms with E-state index in [0.717, 1.165) is 51.4 Å². The Morgan fingerprint density at radius 3 is 1.44 bits per heavy atom. The normalized spacial score (nSPS) is 15.2. The fourth-order valence-electron chi connectivity index (χ4n) is 9.99. The van der Waals surface area contributed by atoms with Crippen LogP contribution in [0.3, 0.4) is 0 Å². The lowest BCUT2D eigenvalue weighted by molar-refractivity contribution is 0.297. The van der Waals surface area contributed by atoms with Crippen molar-refractivity contribution in [1.82, 2.24) is 0 Å². The van der Waals surface area contributed by atoms with Crippen LogP contribution in [0.2, 0.25) is 0 Å². The van der Waals surface area contributed by atoms with Gasteiger partial charge in [-0.2, -0.15) is 0 Å². The highest BCUT2D eigenvalue weighted by Crippen LogP contribution is 2.52. The van der Waals surface area contributed by atoms with Crippen molar-refractivity contribution in [2.24, 2.45) is 0 Å². The van der Waals surface area contributed by atoms with E-state index < -0.39 is 0 Å². The summed E-state index contributed by atoms with van der Waals surface area (Å²) in [5, 5.41) is 1.14. The molecule has 4 heterocycles. The summed E-state index contributed by atoms with van der Waals surface area (Å²) < 4.78 is 20.4. The summed E-state index contributed by atoms with van der Waals surface area (Å²) in [7, 11) is 0. The van der Waals surface area contributed by atoms with Crippen LogP contribution in [0.5, 0.6) is 11.5 Å². The smallest absolute Gasteiger partial charge is 0.297 e. The molecule has 0 amide bonds. The van der Waals surface area contributed by atoms with Crippen LogP contribution in [0.1, 0.15) is 134 Å². The minimum Gasteiger partial charge on any atom is -0.490 e. The predicted molar refractivity (Wildman–Crippen MR) is 260 cm³/mol. The second-order valence-electron chi connectivity index (χ2n) is 22.4. The van der Waals surface area contributed by atoms with E-state index in [1.54, 1.807) is 0 Å². The van der Waals surface area contributed by atoms with E-state index in [2.05, 4.69) is 187 Å². The van der Waals surface area contributed by atoms with Crippen molar-refractivity contribution in [2.45, 2.75) is 139 Å². The van der Waals surface area contributed by atoms with Gasteiger partial charge in [0.25, 0.3) is 6.71 Å². The molecule has 0 N–H and O–H groups in total. The Hall–Kier alpha value is -5.10. The third-order valence-electron chi connectivity index (χ3n) is 13.4. The minimum absolute atomic E-state index is 0.00768. The maximum atomic E-state index is 7.35. The second kappa shape index (κ2) is 13.7. The first-order chi connectivity index (χ1) is 28.4. The molecule has 0 saturated carbocycles. The number of fused-ring (bicyclic) bond motifs is 7. The highest BCUT2D eigenvalue weighted by molar-refractivity contribution is 7.00. The van der Waals surface area contributed by atoms with Gasteiger partial charge in [-0.3, -0.25) is 0 Å². The lowest BCUT2D eigenvalue weighted by Gasteiger charge is -2.45. The topological polar surface area (TPSA) is 38.1 Å². The van der Waals surface area contributed by atoms with Crippen molar-refractivity contribution in [3.63, 3.8) is 0 Å². The van der Waals surface area contributed by atoms with Crippen LogP contribution in [0.25, 0.3) is 11.0 Å². The van der Waals surface area contributed by atoms with Crippen LogP contribution >= 0.6 is 0 Å². The molecule has 5 nitrogen and oxygen atoms in total. The molecule has 0 bridgehead atoms. The van der Waals surface area contributed by atoms with E-state index in [0.29, 0.717) is 13.2 Å². The van der Waals surface area contributed by atoms with Gasteiger partial charge in [-0.05, 0) is 135 Å². The van der Waals surface area contributed by atoms with Gasteiger partial charge in [0.05, 0.1) is 35.9 Å². The molecule has 6 heteroatoms. The SMILES string of the molecule is Cc1cc(C(C)(C)C)cc(C)c1N1c2cc3c(cc2B2c4oc5ccc(C(C)(C)C)cc5c4N(c4c(C)cc(C(C)(C)C)cc4C)c4cc(C(C)(C)C)cc1c42)OCCCO3. The maximum Gasteiger partial charge on any atom is 0.297 e. The van der Waals surface area contributed by atoms with Gasteiger partial charge in [-0.15, -0.1) is 0 Å². The van der Waals surface area contributed by atoms with Gasteiger partial charge in [0, 0.05) is 34.9 Å². The molecule has 3 aliphatic rings. The van der Waals surface area contributed by atoms with Crippen LogP contribution < -0.4 is 35.9 Å². The number of aryl methyl sites for hydroxylation is 4. The molecular formula is C55H65BN2O3. The Kier molecular flexibility index (Phi) is 9.27. The molecule has 3 aliphatic heterocycles. The second-order valence-corrected chi connectivity index (χ2v) is 22.4. The highest BCUT2D eigenvalue weighted by Gasteiger charge is 2.49. The van der Waals surface area contributed by atoms with Gasteiger partial charge in [0.2, 0.25) is 0 Å². The lowest BCUT2D eigenvalue weighted by Crippen LogP contribution is -2.61. The largest absolute Gasteiger partial charge is 0.490 e. The lowest BCUT2D eigenvalue weighted by atomic mass is 9.35. The number of anilines is 6. The standard InChI is InChI=1S/C55H65BN2O3/c1-31-22-36(53(8,9)10)23-32(2)48(31)57-41-30-46-45(59-20-17-21-60-46)29-40(41)56-47-42(57)27-38(55(14,15)16)28-43(47)58(49-33(3)24-37(25-34(49)4)54(11,12)13)50-39-26-35(52(5,6)7)18-19-44(39)61-51(50)56/h18-19,22-30H,17,20-21H2,1-16H3. The molecule has 6 aromatic rings. The van der Waals surface area contributed by atoms with E-state index in [4.69, 9.17) is 13.9 Å². The Morgan fingerprint density at radius 1 is 0.475 bits per heavy atom. The van der Waals surface area contributed by atoms with Crippen molar-refractivity contribution >= 4 is 68.4 Å². The number of nitrogens with zero attached hydrogens (tertiary/aromatic N) is 2. The van der Waals surface area contributed by atoms with E-state index in [1.807, 2.05) is 0 Å². The molecule has 0 aliphatic carbocycles. The molecule has 0 radical (unpaired) electrons. The fourth-order valence-corrected chi connectivity index (χ4v) is 9.99. The van der Waals surface area contributed by atoms with Gasteiger partial charge < -0.3 is 23.7 Å². The summed E-state index contributed by atoms with van der Waals surface area (Å²) in [6, 6.07) is 26.0. The Labute approximate surface area is 365 Å². The molecule has 5 aromatic carbocycles. The zero-order valence-electron chi connectivity index (χ0n) is 39.7. The average molecular weight is 813 g/mol. The Bertz CT molecular complexity index is 2730. The zero-order chi connectivity index (χ0) is 43.9. The van der Waals surface area contributed by atoms with Crippen molar-refractivity contribution in [3.8, 4) is 11.5 Å². The highest BCUT2D eigenvalue weighted by atomic mass is 16.5. The van der Waals surface area contributed by atoms with Gasteiger partial charge >= 0.3 is 0 Å². The van der Waals surface area contributed by atoms with Crippen molar-refractivity contribution < 1.29 is 13.9 Å². The quantitative estimate of drug-likeness (QED) is 0.163. The Morgan fingerprint density at radius 2 is 0.934 bits per heavy atom. The van der Waals surface area contributed by atoms with Gasteiger partial charge in [0.1, 0.15) is 5.58 Å². The first kappa shape index (κ1) is 41.3. The summed E-state index contributed by atoms with van der Waals surface area (Å²) >= 11 is 0. The zero-order valence-corrected chi connectivity index (χ0v) is 39.7. The van der Waals surface area contributed by atoms with E-state index >= 15 is 0 Å². The summed E-state index contributed by atoms with van der Waals surface area (Å²) in [5.74, 6) is 1.59. The van der Waals surface area contributed by atoms with E-state index in [1.165, 1.54) is 72.7 Å². The molecule has 0 fully saturated rings. The van der Waals surface area contributed by atoms with Gasteiger partial charge in [0.15, 0.2) is 11.5 Å². The number of hydrogen-bond acceptors (Lipinski definition) is 5. The summed E-state index contributed by atoms with van der Waals surface area (Å²) in [4.78, 5) is 5.14.